The van der Waals surface area contributed by atoms with E-state index in [4.69, 9.17) is 9.72 Å². The molecular formula is C20H20N6OS. The van der Waals surface area contributed by atoms with Crippen LogP contribution in [0.15, 0.2) is 48.9 Å². The normalized spacial score (nSPS) is 10.9. The Balaban J connectivity index is 1.58. The largest absolute Gasteiger partial charge is 0.383 e. The average Bonchev–Trinajstić information content (AvgIpc) is 3.13. The minimum Gasteiger partial charge on any atom is -0.383 e. The third-order valence-corrected chi connectivity index (χ3v) is 5.16. The SMILES string of the molecule is COCCNc1ccnc(Nc2nc3ccc(-c4ccncc4)nc3s2)c1C. The second kappa shape index (κ2) is 8.28. The maximum absolute atomic E-state index is 5.09. The van der Waals surface area contributed by atoms with Gasteiger partial charge in [0.05, 0.1) is 12.3 Å². The summed E-state index contributed by atoms with van der Waals surface area (Å²) in [7, 11) is 1.69. The molecule has 0 spiro atoms. The average molecular weight is 392 g/mol. The summed E-state index contributed by atoms with van der Waals surface area (Å²) in [6.45, 7) is 3.41. The van der Waals surface area contributed by atoms with E-state index in [1.807, 2.05) is 37.3 Å². The maximum Gasteiger partial charge on any atom is 0.190 e. The summed E-state index contributed by atoms with van der Waals surface area (Å²) in [6.07, 6.45) is 5.31. The van der Waals surface area contributed by atoms with Crippen LogP contribution in [-0.2, 0) is 4.74 Å². The summed E-state index contributed by atoms with van der Waals surface area (Å²) in [5.41, 5.74) is 4.85. The molecule has 4 rings (SSSR count). The van der Waals surface area contributed by atoms with Crippen LogP contribution < -0.4 is 10.6 Å². The van der Waals surface area contributed by atoms with Crippen molar-refractivity contribution in [3.63, 3.8) is 0 Å². The topological polar surface area (TPSA) is 84.9 Å². The van der Waals surface area contributed by atoms with Gasteiger partial charge in [-0.15, -0.1) is 0 Å². The Labute approximate surface area is 166 Å². The van der Waals surface area contributed by atoms with Crippen molar-refractivity contribution in [3.05, 3.63) is 54.5 Å². The van der Waals surface area contributed by atoms with E-state index < -0.39 is 0 Å². The van der Waals surface area contributed by atoms with Gasteiger partial charge in [0.25, 0.3) is 0 Å². The van der Waals surface area contributed by atoms with E-state index in [1.54, 1.807) is 25.7 Å². The molecule has 0 aliphatic rings. The zero-order valence-corrected chi connectivity index (χ0v) is 16.5. The number of hydrogen-bond acceptors (Lipinski definition) is 8. The third-order valence-electron chi connectivity index (χ3n) is 4.28. The number of nitrogens with one attached hydrogen (secondary N) is 2. The van der Waals surface area contributed by atoms with Gasteiger partial charge in [-0.2, -0.15) is 0 Å². The summed E-state index contributed by atoms with van der Waals surface area (Å²) in [6, 6.07) is 9.82. The molecule has 0 aromatic carbocycles. The first-order chi connectivity index (χ1) is 13.7. The number of nitrogens with zero attached hydrogens (tertiary/aromatic N) is 4. The lowest BCUT2D eigenvalue weighted by Crippen LogP contribution is -2.09. The number of anilines is 3. The van der Waals surface area contributed by atoms with Gasteiger partial charge in [0.15, 0.2) is 5.13 Å². The van der Waals surface area contributed by atoms with Gasteiger partial charge >= 0.3 is 0 Å². The molecule has 2 N–H and O–H groups in total. The molecule has 0 bridgehead atoms. The molecule has 0 atom stereocenters. The van der Waals surface area contributed by atoms with Gasteiger partial charge in [-0.3, -0.25) is 4.98 Å². The van der Waals surface area contributed by atoms with Crippen LogP contribution in [-0.4, -0.2) is 40.2 Å². The van der Waals surface area contributed by atoms with Crippen molar-refractivity contribution in [1.82, 2.24) is 19.9 Å². The molecule has 4 heterocycles. The Morgan fingerprint density at radius 1 is 1.04 bits per heavy atom. The molecule has 7 nitrogen and oxygen atoms in total. The number of thiazole rings is 1. The summed E-state index contributed by atoms with van der Waals surface area (Å²) >= 11 is 1.51. The highest BCUT2D eigenvalue weighted by Crippen LogP contribution is 2.30. The van der Waals surface area contributed by atoms with Crippen LogP contribution in [0.4, 0.5) is 16.6 Å². The summed E-state index contributed by atoms with van der Waals surface area (Å²) in [4.78, 5) is 18.8. The fourth-order valence-corrected chi connectivity index (χ4v) is 3.63. The Hall–Kier alpha value is -3.10. The number of methoxy groups -OCH3 is 1. The van der Waals surface area contributed by atoms with Crippen LogP contribution >= 0.6 is 11.3 Å². The Morgan fingerprint density at radius 2 is 1.89 bits per heavy atom. The number of hydrogen-bond donors (Lipinski definition) is 2. The fourth-order valence-electron chi connectivity index (χ4n) is 2.80. The van der Waals surface area contributed by atoms with E-state index in [1.165, 1.54) is 11.3 Å². The zero-order chi connectivity index (χ0) is 19.3. The number of pyridine rings is 3. The smallest absolute Gasteiger partial charge is 0.190 e. The summed E-state index contributed by atoms with van der Waals surface area (Å²) < 4.78 is 5.09. The van der Waals surface area contributed by atoms with Crippen LogP contribution in [0, 0.1) is 6.92 Å². The van der Waals surface area contributed by atoms with Crippen molar-refractivity contribution in [1.29, 1.82) is 0 Å². The lowest BCUT2D eigenvalue weighted by molar-refractivity contribution is 0.211. The highest BCUT2D eigenvalue weighted by atomic mass is 32.1. The molecule has 4 aromatic rings. The van der Waals surface area contributed by atoms with Gasteiger partial charge in [0, 0.05) is 49.1 Å². The quantitative estimate of drug-likeness (QED) is 0.455. The molecule has 0 aliphatic heterocycles. The first-order valence-electron chi connectivity index (χ1n) is 8.88. The molecular weight excluding hydrogens is 372 g/mol. The van der Waals surface area contributed by atoms with Gasteiger partial charge in [0.2, 0.25) is 0 Å². The standard InChI is InChI=1S/C20H20N6OS/c1-13-15(22-11-12-27-2)7-10-23-18(13)26-20-25-17-4-3-16(24-19(17)28-20)14-5-8-21-9-6-14/h3-10H,11-12H2,1-2H3,(H2,22,23,25,26). The Kier molecular flexibility index (Phi) is 5.41. The predicted molar refractivity (Wildman–Crippen MR) is 113 cm³/mol. The summed E-state index contributed by atoms with van der Waals surface area (Å²) in [5.74, 6) is 0.774. The van der Waals surface area contributed by atoms with E-state index in [0.29, 0.717) is 6.61 Å². The highest BCUT2D eigenvalue weighted by molar-refractivity contribution is 7.21. The Bertz CT molecular complexity index is 1080. The van der Waals surface area contributed by atoms with Crippen LogP contribution in [0.3, 0.4) is 0 Å². The molecule has 0 aliphatic carbocycles. The van der Waals surface area contributed by atoms with Crippen LogP contribution in [0.5, 0.6) is 0 Å². The van der Waals surface area contributed by atoms with Gasteiger partial charge in [-0.1, -0.05) is 11.3 Å². The van der Waals surface area contributed by atoms with E-state index >= 15 is 0 Å². The minimum atomic E-state index is 0.647. The van der Waals surface area contributed by atoms with Crippen molar-refractivity contribution < 1.29 is 4.74 Å². The second-order valence-corrected chi connectivity index (χ2v) is 7.13. The van der Waals surface area contributed by atoms with Crippen molar-refractivity contribution in [3.8, 4) is 11.3 Å². The first-order valence-corrected chi connectivity index (χ1v) is 9.69. The molecule has 0 unspecified atom stereocenters. The number of rotatable bonds is 7. The lowest BCUT2D eigenvalue weighted by Gasteiger charge is -2.12. The number of ether oxygens (including phenoxy) is 1. The molecule has 28 heavy (non-hydrogen) atoms. The van der Waals surface area contributed by atoms with Crippen molar-refractivity contribution >= 4 is 38.3 Å². The molecule has 0 saturated heterocycles. The van der Waals surface area contributed by atoms with E-state index in [2.05, 4.69) is 25.6 Å². The van der Waals surface area contributed by atoms with E-state index in [-0.39, 0.29) is 0 Å². The maximum atomic E-state index is 5.09. The molecule has 0 radical (unpaired) electrons. The molecule has 0 saturated carbocycles. The summed E-state index contributed by atoms with van der Waals surface area (Å²) in [5, 5.41) is 7.44. The molecule has 4 aromatic heterocycles. The first kappa shape index (κ1) is 18.3. The number of fused-ring (bicyclic) bond motifs is 1. The molecule has 0 fully saturated rings. The monoisotopic (exact) mass is 392 g/mol. The van der Waals surface area contributed by atoms with Gasteiger partial charge < -0.3 is 15.4 Å². The molecule has 0 amide bonds. The fraction of sp³-hybridized carbons (Fsp3) is 0.200. The zero-order valence-electron chi connectivity index (χ0n) is 15.6. The van der Waals surface area contributed by atoms with E-state index in [9.17, 15) is 0 Å². The van der Waals surface area contributed by atoms with Crippen LogP contribution in [0.1, 0.15) is 5.56 Å². The van der Waals surface area contributed by atoms with Crippen LogP contribution in [0.25, 0.3) is 21.6 Å². The molecule has 8 heteroatoms. The minimum absolute atomic E-state index is 0.647. The third kappa shape index (κ3) is 3.92. The highest BCUT2D eigenvalue weighted by Gasteiger charge is 2.11. The second-order valence-electron chi connectivity index (χ2n) is 6.15. The number of aromatic nitrogens is 4. The predicted octanol–water partition coefficient (Wildman–Crippen LogP) is 4.26. The lowest BCUT2D eigenvalue weighted by atomic mass is 10.2. The molecule has 142 valence electrons. The van der Waals surface area contributed by atoms with Crippen LogP contribution in [0.2, 0.25) is 0 Å². The van der Waals surface area contributed by atoms with Crippen molar-refractivity contribution in [2.45, 2.75) is 6.92 Å². The van der Waals surface area contributed by atoms with Gasteiger partial charge in [0.1, 0.15) is 16.2 Å². The van der Waals surface area contributed by atoms with Gasteiger partial charge in [-0.25, -0.2) is 15.0 Å². The van der Waals surface area contributed by atoms with E-state index in [0.717, 1.165) is 50.3 Å². The van der Waals surface area contributed by atoms with Gasteiger partial charge in [-0.05, 0) is 37.3 Å². The van der Waals surface area contributed by atoms with Crippen molar-refractivity contribution in [2.75, 3.05) is 30.9 Å². The Morgan fingerprint density at radius 3 is 2.71 bits per heavy atom. The van der Waals surface area contributed by atoms with Crippen molar-refractivity contribution in [2.24, 2.45) is 0 Å².